The van der Waals surface area contributed by atoms with Gasteiger partial charge in [0.1, 0.15) is 0 Å². The molecule has 0 bridgehead atoms. The van der Waals surface area contributed by atoms with E-state index in [1.165, 1.54) is 0 Å². The Kier molecular flexibility index (Phi) is 8.62. The molecule has 31 heavy (non-hydrogen) atoms. The van der Waals surface area contributed by atoms with Crippen molar-refractivity contribution in [2.45, 2.75) is 50.5 Å². The number of piperidine rings is 1. The van der Waals surface area contributed by atoms with Gasteiger partial charge in [0.05, 0.1) is 18.0 Å². The van der Waals surface area contributed by atoms with Gasteiger partial charge in [-0.1, -0.05) is 24.6 Å². The van der Waals surface area contributed by atoms with Crippen molar-refractivity contribution in [2.75, 3.05) is 45.9 Å². The largest absolute Gasteiger partial charge is 0.381 e. The molecule has 3 heterocycles. The highest BCUT2D eigenvalue weighted by molar-refractivity contribution is 14.0. The van der Waals surface area contributed by atoms with Crippen LogP contribution in [0.4, 0.5) is 0 Å². The molecule has 1 atom stereocenters. The minimum Gasteiger partial charge on any atom is -0.381 e. The Morgan fingerprint density at radius 2 is 1.94 bits per heavy atom. The Morgan fingerprint density at radius 3 is 2.65 bits per heavy atom. The first kappa shape index (κ1) is 24.7. The molecule has 3 fully saturated rings. The maximum Gasteiger partial charge on any atom is 0.243 e. The third-order valence-corrected chi connectivity index (χ3v) is 8.56. The van der Waals surface area contributed by atoms with Gasteiger partial charge in [0.15, 0.2) is 5.96 Å². The summed E-state index contributed by atoms with van der Waals surface area (Å²) in [7, 11) is -3.48. The molecule has 9 heteroatoms. The van der Waals surface area contributed by atoms with Crippen LogP contribution in [0.3, 0.4) is 0 Å². The van der Waals surface area contributed by atoms with E-state index in [0.29, 0.717) is 24.5 Å². The Labute approximate surface area is 203 Å². The van der Waals surface area contributed by atoms with Crippen LogP contribution in [0.2, 0.25) is 0 Å². The number of sulfonamides is 1. The van der Waals surface area contributed by atoms with Gasteiger partial charge in [-0.05, 0) is 44.2 Å². The Hall–Kier alpha value is -0.910. The first-order chi connectivity index (χ1) is 14.5. The van der Waals surface area contributed by atoms with E-state index in [1.54, 1.807) is 16.4 Å². The molecule has 0 aromatic heterocycles. The molecule has 3 aliphatic rings. The molecule has 0 radical (unpaired) electrons. The van der Waals surface area contributed by atoms with Gasteiger partial charge in [0, 0.05) is 44.7 Å². The number of guanidine groups is 1. The van der Waals surface area contributed by atoms with E-state index in [0.717, 1.165) is 76.5 Å². The lowest BCUT2D eigenvalue weighted by atomic mass is 9.87. The lowest BCUT2D eigenvalue weighted by Crippen LogP contribution is -2.41. The summed E-state index contributed by atoms with van der Waals surface area (Å²) in [5.74, 6) is 0.867. The van der Waals surface area contributed by atoms with Gasteiger partial charge in [0.25, 0.3) is 0 Å². The van der Waals surface area contributed by atoms with E-state index in [9.17, 15) is 8.42 Å². The molecule has 0 aliphatic carbocycles. The SMILES string of the molecule is CCNC(=NCc1ccccc1S(=O)(=O)N1CCCCC1)N1CCC2(CCOC2)C1.I. The molecule has 174 valence electrons. The fourth-order valence-corrected chi connectivity index (χ4v) is 6.54. The fraction of sp³-hybridized carbons (Fsp3) is 0.682. The number of hydrogen-bond acceptors (Lipinski definition) is 4. The molecule has 0 amide bonds. The molecule has 3 aliphatic heterocycles. The van der Waals surface area contributed by atoms with Gasteiger partial charge in [-0.25, -0.2) is 13.4 Å². The zero-order valence-electron chi connectivity index (χ0n) is 18.4. The molecule has 1 spiro atoms. The van der Waals surface area contributed by atoms with E-state index in [-0.39, 0.29) is 29.4 Å². The van der Waals surface area contributed by atoms with Gasteiger partial charge in [0.2, 0.25) is 10.0 Å². The van der Waals surface area contributed by atoms with Crippen LogP contribution in [-0.4, -0.2) is 69.5 Å². The smallest absolute Gasteiger partial charge is 0.243 e. The number of halogens is 1. The third-order valence-electron chi connectivity index (χ3n) is 6.56. The minimum absolute atomic E-state index is 0. The van der Waals surface area contributed by atoms with Crippen LogP contribution in [0.5, 0.6) is 0 Å². The van der Waals surface area contributed by atoms with Crippen molar-refractivity contribution in [1.82, 2.24) is 14.5 Å². The second-order valence-electron chi connectivity index (χ2n) is 8.72. The Bertz CT molecular complexity index is 865. The maximum absolute atomic E-state index is 13.2. The molecule has 1 aromatic rings. The Balaban J connectivity index is 0.00000272. The molecular weight excluding hydrogens is 527 g/mol. The number of benzene rings is 1. The molecule has 4 rings (SSSR count). The summed E-state index contributed by atoms with van der Waals surface area (Å²) in [5, 5.41) is 3.40. The summed E-state index contributed by atoms with van der Waals surface area (Å²) in [6.45, 7) is 8.02. The summed E-state index contributed by atoms with van der Waals surface area (Å²) >= 11 is 0. The van der Waals surface area contributed by atoms with Crippen LogP contribution in [0.1, 0.15) is 44.6 Å². The van der Waals surface area contributed by atoms with Gasteiger partial charge >= 0.3 is 0 Å². The number of nitrogens with zero attached hydrogens (tertiary/aromatic N) is 3. The minimum atomic E-state index is -3.48. The first-order valence-electron chi connectivity index (χ1n) is 11.2. The third kappa shape index (κ3) is 5.54. The van der Waals surface area contributed by atoms with E-state index >= 15 is 0 Å². The van der Waals surface area contributed by atoms with Crippen molar-refractivity contribution >= 4 is 40.0 Å². The second kappa shape index (κ2) is 10.8. The summed E-state index contributed by atoms with van der Waals surface area (Å²) in [6, 6.07) is 7.32. The van der Waals surface area contributed by atoms with Crippen LogP contribution in [-0.2, 0) is 21.3 Å². The lowest BCUT2D eigenvalue weighted by molar-refractivity contribution is 0.156. The van der Waals surface area contributed by atoms with Crippen molar-refractivity contribution in [3.8, 4) is 0 Å². The second-order valence-corrected chi connectivity index (χ2v) is 10.6. The summed E-state index contributed by atoms with van der Waals surface area (Å²) in [6.07, 6.45) is 5.21. The Morgan fingerprint density at radius 1 is 1.16 bits per heavy atom. The van der Waals surface area contributed by atoms with Crippen molar-refractivity contribution in [2.24, 2.45) is 10.4 Å². The average molecular weight is 563 g/mol. The van der Waals surface area contributed by atoms with Crippen molar-refractivity contribution in [1.29, 1.82) is 0 Å². The van der Waals surface area contributed by atoms with Crippen LogP contribution in [0.15, 0.2) is 34.2 Å². The van der Waals surface area contributed by atoms with Crippen LogP contribution >= 0.6 is 24.0 Å². The zero-order valence-corrected chi connectivity index (χ0v) is 21.5. The number of rotatable bonds is 5. The van der Waals surface area contributed by atoms with Gasteiger partial charge in [-0.3, -0.25) is 0 Å². The molecule has 1 N–H and O–H groups in total. The molecule has 3 saturated heterocycles. The standard InChI is InChI=1S/C22H34N4O3S.HI/c1-2-23-21(25-14-10-22(17-25)11-15-29-18-22)24-16-19-8-4-5-9-20(19)30(27,28)26-12-6-3-7-13-26;/h4-5,8-9H,2-3,6-7,10-18H2,1H3,(H,23,24);1H. The highest BCUT2D eigenvalue weighted by Crippen LogP contribution is 2.38. The van der Waals surface area contributed by atoms with E-state index in [4.69, 9.17) is 9.73 Å². The number of hydrogen-bond donors (Lipinski definition) is 1. The average Bonchev–Trinajstić information content (AvgIpc) is 3.41. The molecular formula is C22H35IN4O3S. The molecule has 1 unspecified atom stereocenters. The summed E-state index contributed by atoms with van der Waals surface area (Å²) < 4.78 is 33.8. The zero-order chi connectivity index (χ0) is 21.0. The van der Waals surface area contributed by atoms with Crippen molar-refractivity contribution in [3.63, 3.8) is 0 Å². The van der Waals surface area contributed by atoms with Gasteiger partial charge < -0.3 is 15.0 Å². The summed E-state index contributed by atoms with van der Waals surface area (Å²) in [5.41, 5.74) is 1.02. The fourth-order valence-electron chi connectivity index (χ4n) is 4.80. The summed E-state index contributed by atoms with van der Waals surface area (Å²) in [4.78, 5) is 7.55. The van der Waals surface area contributed by atoms with E-state index < -0.39 is 10.0 Å². The molecule has 0 saturated carbocycles. The van der Waals surface area contributed by atoms with Gasteiger partial charge in [-0.15, -0.1) is 24.0 Å². The van der Waals surface area contributed by atoms with Crippen molar-refractivity contribution < 1.29 is 13.2 Å². The van der Waals surface area contributed by atoms with Crippen LogP contribution < -0.4 is 5.32 Å². The predicted molar refractivity (Wildman–Crippen MR) is 133 cm³/mol. The number of aliphatic imine (C=N–C) groups is 1. The highest BCUT2D eigenvalue weighted by atomic mass is 127. The predicted octanol–water partition coefficient (Wildman–Crippen LogP) is 3.06. The molecule has 7 nitrogen and oxygen atoms in total. The van der Waals surface area contributed by atoms with E-state index in [2.05, 4.69) is 17.1 Å². The first-order valence-corrected chi connectivity index (χ1v) is 12.7. The van der Waals surface area contributed by atoms with Crippen LogP contribution in [0, 0.1) is 5.41 Å². The number of nitrogens with one attached hydrogen (secondary N) is 1. The van der Waals surface area contributed by atoms with Crippen molar-refractivity contribution in [3.05, 3.63) is 29.8 Å². The quantitative estimate of drug-likeness (QED) is 0.340. The number of ether oxygens (including phenoxy) is 1. The maximum atomic E-state index is 13.2. The topological polar surface area (TPSA) is 74.2 Å². The number of likely N-dealkylation sites (tertiary alicyclic amines) is 1. The van der Waals surface area contributed by atoms with E-state index in [1.807, 2.05) is 12.1 Å². The lowest BCUT2D eigenvalue weighted by Gasteiger charge is -2.27. The molecule has 1 aromatic carbocycles. The normalized spacial score (nSPS) is 25.1. The highest BCUT2D eigenvalue weighted by Gasteiger charge is 2.42. The monoisotopic (exact) mass is 562 g/mol. The van der Waals surface area contributed by atoms with Gasteiger partial charge in [-0.2, -0.15) is 4.31 Å². The van der Waals surface area contributed by atoms with Crippen LogP contribution in [0.25, 0.3) is 0 Å².